The molecule has 1 N–H and O–H groups in total. The van der Waals surface area contributed by atoms with E-state index in [1.165, 1.54) is 4.90 Å². The van der Waals surface area contributed by atoms with Gasteiger partial charge in [0.15, 0.2) is 0 Å². The Kier molecular flexibility index (Phi) is 4.57. The lowest BCUT2D eigenvalue weighted by Crippen LogP contribution is -2.21. The highest BCUT2D eigenvalue weighted by Crippen LogP contribution is 2.11. The molecule has 2 rings (SSSR count). The number of hydrogen-bond acceptors (Lipinski definition) is 4. The molecule has 0 aliphatic rings. The van der Waals surface area contributed by atoms with E-state index in [4.69, 9.17) is 0 Å². The fourth-order valence-electron chi connectivity index (χ4n) is 2.10. The molecule has 0 aromatic carbocycles. The minimum Gasteiger partial charge on any atom is -0.366 e. The molecule has 0 atom stereocenters. The third kappa shape index (κ3) is 3.59. The van der Waals surface area contributed by atoms with Crippen LogP contribution in [0.25, 0.3) is 0 Å². The van der Waals surface area contributed by atoms with E-state index >= 15 is 0 Å². The molecule has 21 heavy (non-hydrogen) atoms. The Hall–Kier alpha value is -2.37. The Morgan fingerprint density at radius 3 is 2.71 bits per heavy atom. The molecule has 6 nitrogen and oxygen atoms in total. The maximum Gasteiger partial charge on any atom is 0.254 e. The molecule has 6 heteroatoms. The zero-order chi connectivity index (χ0) is 15.4. The molecule has 0 radical (unpaired) electrons. The van der Waals surface area contributed by atoms with Crippen LogP contribution in [0.3, 0.4) is 0 Å². The maximum atomic E-state index is 11.8. The third-order valence-electron chi connectivity index (χ3n) is 3.20. The normalized spacial score (nSPS) is 10.5. The van der Waals surface area contributed by atoms with Crippen molar-refractivity contribution in [3.05, 3.63) is 41.3 Å². The van der Waals surface area contributed by atoms with Gasteiger partial charge in [-0.25, -0.2) is 4.98 Å². The van der Waals surface area contributed by atoms with Crippen molar-refractivity contribution in [2.24, 2.45) is 7.05 Å². The molecule has 2 heterocycles. The highest BCUT2D eigenvalue weighted by molar-refractivity contribution is 5.93. The van der Waals surface area contributed by atoms with Gasteiger partial charge in [-0.05, 0) is 18.6 Å². The van der Waals surface area contributed by atoms with Gasteiger partial charge in [0.05, 0.1) is 11.3 Å². The van der Waals surface area contributed by atoms with Gasteiger partial charge in [0.1, 0.15) is 5.82 Å². The summed E-state index contributed by atoms with van der Waals surface area (Å²) in [6.45, 7) is 2.76. The van der Waals surface area contributed by atoms with Crippen molar-refractivity contribution in [1.29, 1.82) is 0 Å². The predicted octanol–water partition coefficient (Wildman–Crippen LogP) is 1.69. The van der Waals surface area contributed by atoms with Crippen LogP contribution in [0, 0.1) is 0 Å². The number of amides is 1. The first-order valence-electron chi connectivity index (χ1n) is 6.94. The van der Waals surface area contributed by atoms with Crippen LogP contribution in [-0.4, -0.2) is 39.7 Å². The molecule has 0 saturated carbocycles. The number of nitrogens with one attached hydrogen (secondary N) is 1. The monoisotopic (exact) mass is 287 g/mol. The Morgan fingerprint density at radius 1 is 1.38 bits per heavy atom. The maximum absolute atomic E-state index is 11.8. The second-order valence-electron chi connectivity index (χ2n) is 5.11. The fourth-order valence-corrected chi connectivity index (χ4v) is 2.10. The summed E-state index contributed by atoms with van der Waals surface area (Å²) in [5.74, 6) is 0.700. The van der Waals surface area contributed by atoms with Gasteiger partial charge in [0.25, 0.3) is 5.91 Å². The zero-order valence-corrected chi connectivity index (χ0v) is 12.9. The molecular weight excluding hydrogens is 266 g/mol. The molecule has 2 aromatic heterocycles. The van der Waals surface area contributed by atoms with Gasteiger partial charge < -0.3 is 10.2 Å². The van der Waals surface area contributed by atoms with Gasteiger partial charge in [0, 0.05) is 45.6 Å². The quantitative estimate of drug-likeness (QED) is 0.909. The van der Waals surface area contributed by atoms with Crippen molar-refractivity contribution in [3.8, 4) is 0 Å². The fraction of sp³-hybridized carbons (Fsp3) is 0.400. The number of anilines is 1. The number of hydrogen-bond donors (Lipinski definition) is 1. The molecular formula is C15H21N5O. The minimum absolute atomic E-state index is 0.0467. The highest BCUT2D eigenvalue weighted by atomic mass is 16.2. The molecule has 0 unspecified atom stereocenters. The van der Waals surface area contributed by atoms with Crippen molar-refractivity contribution in [2.45, 2.75) is 19.9 Å². The lowest BCUT2D eigenvalue weighted by molar-refractivity contribution is 0.0827. The first kappa shape index (κ1) is 15.0. The third-order valence-corrected chi connectivity index (χ3v) is 3.20. The van der Waals surface area contributed by atoms with E-state index in [1.807, 2.05) is 24.0 Å². The van der Waals surface area contributed by atoms with Crippen molar-refractivity contribution in [1.82, 2.24) is 19.7 Å². The SMILES string of the molecule is CCc1nn(C)cc1CNc1ccc(C(=O)N(C)C)cn1. The second-order valence-corrected chi connectivity index (χ2v) is 5.11. The number of nitrogens with zero attached hydrogens (tertiary/aromatic N) is 4. The number of aromatic nitrogens is 3. The van der Waals surface area contributed by atoms with Crippen molar-refractivity contribution >= 4 is 11.7 Å². The zero-order valence-electron chi connectivity index (χ0n) is 12.9. The molecule has 0 spiro atoms. The molecule has 0 aliphatic heterocycles. The molecule has 0 saturated heterocycles. The van der Waals surface area contributed by atoms with E-state index in [2.05, 4.69) is 22.3 Å². The lowest BCUT2D eigenvalue weighted by Gasteiger charge is -2.10. The van der Waals surface area contributed by atoms with Crippen LogP contribution in [0.4, 0.5) is 5.82 Å². The summed E-state index contributed by atoms with van der Waals surface area (Å²) in [5, 5.41) is 7.66. The summed E-state index contributed by atoms with van der Waals surface area (Å²) in [6, 6.07) is 3.60. The van der Waals surface area contributed by atoms with E-state index in [0.29, 0.717) is 12.1 Å². The summed E-state index contributed by atoms with van der Waals surface area (Å²) < 4.78 is 1.82. The smallest absolute Gasteiger partial charge is 0.254 e. The Labute approximate surface area is 124 Å². The number of carbonyl (C=O) groups is 1. The lowest BCUT2D eigenvalue weighted by atomic mass is 10.2. The Bertz CT molecular complexity index is 615. The first-order chi connectivity index (χ1) is 10.0. The highest BCUT2D eigenvalue weighted by Gasteiger charge is 2.09. The summed E-state index contributed by atoms with van der Waals surface area (Å²) in [5.41, 5.74) is 2.83. The van der Waals surface area contributed by atoms with Crippen LogP contribution in [0.2, 0.25) is 0 Å². The largest absolute Gasteiger partial charge is 0.366 e. The average molecular weight is 287 g/mol. The van der Waals surface area contributed by atoms with Crippen LogP contribution in [0.15, 0.2) is 24.5 Å². The summed E-state index contributed by atoms with van der Waals surface area (Å²) in [6.07, 6.45) is 4.51. The standard InChI is InChI=1S/C15H21N5O/c1-5-13-12(10-20(4)18-13)9-17-14-7-6-11(8-16-14)15(21)19(2)3/h6-8,10H,5,9H2,1-4H3,(H,16,17). The van der Waals surface area contributed by atoms with Crippen LogP contribution in [0.5, 0.6) is 0 Å². The van der Waals surface area contributed by atoms with E-state index in [9.17, 15) is 4.79 Å². The van der Waals surface area contributed by atoms with Crippen LogP contribution < -0.4 is 5.32 Å². The molecule has 112 valence electrons. The topological polar surface area (TPSA) is 63.1 Å². The summed E-state index contributed by atoms with van der Waals surface area (Å²) >= 11 is 0. The summed E-state index contributed by atoms with van der Waals surface area (Å²) in [7, 11) is 5.37. The Balaban J connectivity index is 2.02. The molecule has 1 amide bonds. The van der Waals surface area contributed by atoms with Gasteiger partial charge in [-0.1, -0.05) is 6.92 Å². The van der Waals surface area contributed by atoms with Gasteiger partial charge in [-0.2, -0.15) is 5.10 Å². The number of pyridine rings is 1. The van der Waals surface area contributed by atoms with E-state index in [1.54, 1.807) is 26.4 Å². The molecule has 0 fully saturated rings. The van der Waals surface area contributed by atoms with Crippen molar-refractivity contribution in [3.63, 3.8) is 0 Å². The summed E-state index contributed by atoms with van der Waals surface area (Å²) in [4.78, 5) is 17.6. The van der Waals surface area contributed by atoms with Gasteiger partial charge in [0.2, 0.25) is 0 Å². The van der Waals surface area contributed by atoms with Gasteiger partial charge >= 0.3 is 0 Å². The van der Waals surface area contributed by atoms with Gasteiger partial charge in [-0.15, -0.1) is 0 Å². The van der Waals surface area contributed by atoms with E-state index in [-0.39, 0.29) is 5.91 Å². The molecule has 0 bridgehead atoms. The number of aryl methyl sites for hydroxylation is 2. The number of carbonyl (C=O) groups excluding carboxylic acids is 1. The van der Waals surface area contributed by atoms with Crippen LogP contribution in [0.1, 0.15) is 28.5 Å². The Morgan fingerprint density at radius 2 is 2.14 bits per heavy atom. The van der Waals surface area contributed by atoms with E-state index < -0.39 is 0 Å². The average Bonchev–Trinajstić information content (AvgIpc) is 2.85. The van der Waals surface area contributed by atoms with Gasteiger partial charge in [-0.3, -0.25) is 9.48 Å². The number of rotatable bonds is 5. The second kappa shape index (κ2) is 6.39. The van der Waals surface area contributed by atoms with Crippen molar-refractivity contribution < 1.29 is 4.79 Å². The predicted molar refractivity (Wildman–Crippen MR) is 82.2 cm³/mol. The van der Waals surface area contributed by atoms with Crippen LogP contribution >= 0.6 is 0 Å². The van der Waals surface area contributed by atoms with E-state index in [0.717, 1.165) is 23.5 Å². The van der Waals surface area contributed by atoms with Crippen molar-refractivity contribution in [2.75, 3.05) is 19.4 Å². The first-order valence-corrected chi connectivity index (χ1v) is 6.94. The van der Waals surface area contributed by atoms with Crippen LogP contribution in [-0.2, 0) is 20.0 Å². The molecule has 0 aliphatic carbocycles. The molecule has 2 aromatic rings. The minimum atomic E-state index is -0.0467.